The predicted molar refractivity (Wildman–Crippen MR) is 130 cm³/mol. The highest BCUT2D eigenvalue weighted by atomic mass is 32.1. The Labute approximate surface area is 194 Å². The van der Waals surface area contributed by atoms with Crippen molar-refractivity contribution < 1.29 is 14.7 Å². The summed E-state index contributed by atoms with van der Waals surface area (Å²) in [5.74, 6) is -1.29. The van der Waals surface area contributed by atoms with Gasteiger partial charge in [-0.25, -0.2) is 9.78 Å². The molecule has 0 radical (unpaired) electrons. The maximum absolute atomic E-state index is 13.5. The van der Waals surface area contributed by atoms with Crippen molar-refractivity contribution in [1.29, 1.82) is 0 Å². The van der Waals surface area contributed by atoms with Crippen LogP contribution in [-0.4, -0.2) is 26.5 Å². The molecule has 4 rings (SSSR count). The van der Waals surface area contributed by atoms with E-state index < -0.39 is 23.5 Å². The van der Waals surface area contributed by atoms with E-state index in [2.05, 4.69) is 10.3 Å². The first-order valence-corrected chi connectivity index (χ1v) is 11.4. The van der Waals surface area contributed by atoms with Crippen molar-refractivity contribution >= 4 is 39.1 Å². The molecule has 7 nitrogen and oxygen atoms in total. The van der Waals surface area contributed by atoms with Crippen LogP contribution in [0.15, 0.2) is 58.7 Å². The molecule has 1 amide bonds. The molecule has 168 valence electrons. The predicted octanol–water partition coefficient (Wildman–Crippen LogP) is 4.89. The molecule has 8 heteroatoms. The second kappa shape index (κ2) is 8.99. The van der Waals surface area contributed by atoms with Gasteiger partial charge in [0.05, 0.1) is 10.9 Å². The van der Waals surface area contributed by atoms with E-state index in [1.54, 1.807) is 6.92 Å². The fourth-order valence-electron chi connectivity index (χ4n) is 3.61. The van der Waals surface area contributed by atoms with Gasteiger partial charge in [0.15, 0.2) is 0 Å². The maximum Gasteiger partial charge on any atom is 0.337 e. The summed E-state index contributed by atoms with van der Waals surface area (Å²) >= 11 is 1.10. The zero-order valence-corrected chi connectivity index (χ0v) is 19.3. The molecule has 2 N–H and O–H groups in total. The number of aromatic nitrogens is 2. The number of carbonyl (C=O) groups excluding carboxylic acids is 1. The van der Waals surface area contributed by atoms with Crippen molar-refractivity contribution in [3.8, 4) is 11.4 Å². The van der Waals surface area contributed by atoms with Gasteiger partial charge in [-0.2, -0.15) is 0 Å². The SMILES string of the molecule is CCc1ccc(NC(=O)C(C)n2c(-c3ccc(C)cc3)nc3scc(C(=O)O)c3c2=O)cc1. The molecule has 0 saturated heterocycles. The Morgan fingerprint density at radius 3 is 2.39 bits per heavy atom. The zero-order chi connectivity index (χ0) is 23.7. The molecule has 0 spiro atoms. The normalized spacial score (nSPS) is 12.0. The Morgan fingerprint density at radius 2 is 1.79 bits per heavy atom. The molecule has 2 aromatic heterocycles. The average Bonchev–Trinajstić information content (AvgIpc) is 3.24. The monoisotopic (exact) mass is 461 g/mol. The molecular formula is C25H23N3O4S. The van der Waals surface area contributed by atoms with Gasteiger partial charge in [-0.1, -0.05) is 48.9 Å². The number of nitrogens with one attached hydrogen (secondary N) is 1. The molecule has 2 aromatic carbocycles. The number of benzene rings is 2. The average molecular weight is 462 g/mol. The van der Waals surface area contributed by atoms with Crippen molar-refractivity contribution in [2.45, 2.75) is 33.2 Å². The van der Waals surface area contributed by atoms with E-state index in [0.29, 0.717) is 21.9 Å². The number of rotatable bonds is 6. The highest BCUT2D eigenvalue weighted by molar-refractivity contribution is 7.17. The van der Waals surface area contributed by atoms with Crippen molar-refractivity contribution in [3.05, 3.63) is 81.0 Å². The van der Waals surface area contributed by atoms with Crippen LogP contribution in [0, 0.1) is 6.92 Å². The summed E-state index contributed by atoms with van der Waals surface area (Å²) in [6.45, 7) is 5.61. The van der Waals surface area contributed by atoms with Gasteiger partial charge in [0.2, 0.25) is 5.91 Å². The number of nitrogens with zero attached hydrogens (tertiary/aromatic N) is 2. The lowest BCUT2D eigenvalue weighted by Gasteiger charge is -2.19. The minimum absolute atomic E-state index is 0.00955. The molecule has 0 aliphatic rings. The molecule has 2 heterocycles. The molecule has 0 aliphatic carbocycles. The van der Waals surface area contributed by atoms with Crippen LogP contribution in [-0.2, 0) is 11.2 Å². The van der Waals surface area contributed by atoms with Gasteiger partial charge in [-0.15, -0.1) is 11.3 Å². The van der Waals surface area contributed by atoms with Gasteiger partial charge in [0, 0.05) is 16.6 Å². The van der Waals surface area contributed by atoms with E-state index in [4.69, 9.17) is 0 Å². The van der Waals surface area contributed by atoms with Crippen LogP contribution in [0.5, 0.6) is 0 Å². The molecule has 4 aromatic rings. The quantitative estimate of drug-likeness (QED) is 0.426. The first kappa shape index (κ1) is 22.4. The van der Waals surface area contributed by atoms with Crippen molar-refractivity contribution in [2.24, 2.45) is 0 Å². The summed E-state index contributed by atoms with van der Waals surface area (Å²) in [4.78, 5) is 43.3. The number of fused-ring (bicyclic) bond motifs is 1. The molecule has 1 unspecified atom stereocenters. The van der Waals surface area contributed by atoms with Crippen LogP contribution in [0.3, 0.4) is 0 Å². The number of carboxylic acids is 1. The summed E-state index contributed by atoms with van der Waals surface area (Å²) in [6, 6.07) is 14.0. The van der Waals surface area contributed by atoms with E-state index >= 15 is 0 Å². The summed E-state index contributed by atoms with van der Waals surface area (Å²) < 4.78 is 1.28. The summed E-state index contributed by atoms with van der Waals surface area (Å²) in [5.41, 5.74) is 2.80. The van der Waals surface area contributed by atoms with Crippen LogP contribution in [0.4, 0.5) is 5.69 Å². The van der Waals surface area contributed by atoms with Gasteiger partial charge < -0.3 is 10.4 Å². The zero-order valence-electron chi connectivity index (χ0n) is 18.5. The smallest absolute Gasteiger partial charge is 0.337 e. The van der Waals surface area contributed by atoms with Gasteiger partial charge in [0.25, 0.3) is 5.56 Å². The van der Waals surface area contributed by atoms with Crippen LogP contribution >= 0.6 is 11.3 Å². The van der Waals surface area contributed by atoms with Crippen molar-refractivity contribution in [1.82, 2.24) is 9.55 Å². The lowest BCUT2D eigenvalue weighted by molar-refractivity contribution is -0.118. The number of carboxylic acid groups (broad SMARTS) is 1. The molecule has 1 atom stereocenters. The second-order valence-electron chi connectivity index (χ2n) is 7.83. The lowest BCUT2D eigenvalue weighted by atomic mass is 10.1. The third-order valence-corrected chi connectivity index (χ3v) is 6.45. The highest BCUT2D eigenvalue weighted by Gasteiger charge is 2.26. The topological polar surface area (TPSA) is 101 Å². The van der Waals surface area contributed by atoms with Gasteiger partial charge in [0.1, 0.15) is 16.7 Å². The Balaban J connectivity index is 1.84. The van der Waals surface area contributed by atoms with E-state index in [1.807, 2.05) is 62.4 Å². The number of hydrogen-bond acceptors (Lipinski definition) is 5. The number of aromatic carboxylic acids is 1. The first-order valence-electron chi connectivity index (χ1n) is 10.5. The number of amides is 1. The number of aryl methyl sites for hydroxylation is 2. The summed E-state index contributed by atoms with van der Waals surface area (Å²) in [6.07, 6.45) is 0.887. The molecule has 0 aliphatic heterocycles. The first-order chi connectivity index (χ1) is 15.8. The van der Waals surface area contributed by atoms with Crippen LogP contribution in [0.2, 0.25) is 0 Å². The number of anilines is 1. The van der Waals surface area contributed by atoms with Crippen molar-refractivity contribution in [2.75, 3.05) is 5.32 Å². The Kier molecular flexibility index (Phi) is 6.11. The van der Waals surface area contributed by atoms with E-state index in [0.717, 1.165) is 28.9 Å². The Morgan fingerprint density at radius 1 is 1.12 bits per heavy atom. The molecule has 0 fully saturated rings. The highest BCUT2D eigenvalue weighted by Crippen LogP contribution is 2.28. The largest absolute Gasteiger partial charge is 0.478 e. The second-order valence-corrected chi connectivity index (χ2v) is 8.69. The van der Waals surface area contributed by atoms with Crippen molar-refractivity contribution in [3.63, 3.8) is 0 Å². The van der Waals surface area contributed by atoms with Gasteiger partial charge >= 0.3 is 5.97 Å². The number of thiophene rings is 1. The van der Waals surface area contributed by atoms with Gasteiger partial charge in [-0.05, 0) is 38.0 Å². The third-order valence-electron chi connectivity index (χ3n) is 5.58. The standard InChI is InChI=1S/C25H23N3O4S/c1-4-16-7-11-18(12-8-16)26-22(29)15(3)28-21(17-9-5-14(2)6-10-17)27-23-20(24(28)30)19(13-33-23)25(31)32/h5-13,15H,4H2,1-3H3,(H,26,29)(H,31,32). The van der Waals surface area contributed by atoms with Crippen LogP contribution in [0.25, 0.3) is 21.6 Å². The minimum Gasteiger partial charge on any atom is -0.478 e. The third kappa shape index (κ3) is 4.29. The lowest BCUT2D eigenvalue weighted by Crippen LogP contribution is -2.33. The Hall–Kier alpha value is -3.78. The number of carbonyl (C=O) groups is 2. The fourth-order valence-corrected chi connectivity index (χ4v) is 4.52. The van der Waals surface area contributed by atoms with Crippen LogP contribution < -0.4 is 10.9 Å². The molecule has 0 bridgehead atoms. The number of hydrogen-bond donors (Lipinski definition) is 2. The van der Waals surface area contributed by atoms with Crippen LogP contribution in [0.1, 0.15) is 41.4 Å². The van der Waals surface area contributed by atoms with E-state index in [-0.39, 0.29) is 10.9 Å². The molecule has 0 saturated carbocycles. The molecule has 33 heavy (non-hydrogen) atoms. The van der Waals surface area contributed by atoms with E-state index in [9.17, 15) is 19.5 Å². The minimum atomic E-state index is -1.21. The van der Waals surface area contributed by atoms with E-state index in [1.165, 1.54) is 9.95 Å². The van der Waals surface area contributed by atoms with Gasteiger partial charge in [-0.3, -0.25) is 14.2 Å². The maximum atomic E-state index is 13.5. The summed E-state index contributed by atoms with van der Waals surface area (Å²) in [5, 5.41) is 13.8. The fraction of sp³-hybridized carbons (Fsp3) is 0.200. The molecular weight excluding hydrogens is 438 g/mol. The summed E-state index contributed by atoms with van der Waals surface area (Å²) in [7, 11) is 0. The Bertz CT molecular complexity index is 1400.